The van der Waals surface area contributed by atoms with Gasteiger partial charge in [0.25, 0.3) is 0 Å². The molecule has 0 spiro atoms. The molecule has 28 heavy (non-hydrogen) atoms. The molecular weight excluding hydrogens is 376 g/mol. The molecule has 1 fully saturated rings. The van der Waals surface area contributed by atoms with Gasteiger partial charge >= 0.3 is 0 Å². The maximum Gasteiger partial charge on any atom is 0.229 e. The van der Waals surface area contributed by atoms with Crippen LogP contribution >= 0.6 is 0 Å². The van der Waals surface area contributed by atoms with Gasteiger partial charge in [0.2, 0.25) is 11.8 Å². The smallest absolute Gasteiger partial charge is 0.229 e. The number of likely N-dealkylation sites (tertiary alicyclic amines) is 1. The number of hydrogen-bond acceptors (Lipinski definition) is 4. The predicted octanol–water partition coefficient (Wildman–Crippen LogP) is 2.56. The normalized spacial score (nSPS) is 17.4. The van der Waals surface area contributed by atoms with Crippen molar-refractivity contribution < 1.29 is 18.5 Å². The first-order chi connectivity index (χ1) is 13.4. The second-order valence-corrected chi connectivity index (χ2v) is 8.37. The SMILES string of the molecule is COc1ccc(CN2CC(C(=O)Nc3cccc(CS(C)=O)c3)CC2=O)cc1. The molecule has 0 bridgehead atoms. The van der Waals surface area contributed by atoms with Gasteiger partial charge in [0.1, 0.15) is 5.75 Å². The van der Waals surface area contributed by atoms with E-state index in [4.69, 9.17) is 4.74 Å². The standard InChI is InChI=1S/C21H24N2O4S/c1-27-19-8-6-15(7-9-19)12-23-13-17(11-20(23)24)21(25)22-18-5-3-4-16(10-18)14-28(2)26/h3-10,17H,11-14H2,1-2H3,(H,22,25). The maximum absolute atomic E-state index is 12.6. The second-order valence-electron chi connectivity index (χ2n) is 6.93. The lowest BCUT2D eigenvalue weighted by atomic mass is 10.1. The van der Waals surface area contributed by atoms with E-state index in [1.807, 2.05) is 42.5 Å². The van der Waals surface area contributed by atoms with Crippen molar-refractivity contribution in [2.75, 3.05) is 25.2 Å². The third-order valence-corrected chi connectivity index (χ3v) is 5.42. The predicted molar refractivity (Wildman–Crippen MR) is 109 cm³/mol. The summed E-state index contributed by atoms with van der Waals surface area (Å²) in [6.07, 6.45) is 1.85. The molecule has 7 heteroatoms. The Kier molecular flexibility index (Phi) is 6.46. The van der Waals surface area contributed by atoms with Gasteiger partial charge in [-0.25, -0.2) is 0 Å². The Bertz CT molecular complexity index is 882. The molecule has 1 N–H and O–H groups in total. The minimum absolute atomic E-state index is 0.0221. The first kappa shape index (κ1) is 20.1. The van der Waals surface area contributed by atoms with E-state index in [2.05, 4.69) is 5.32 Å². The van der Waals surface area contributed by atoms with Crippen LogP contribution in [0, 0.1) is 5.92 Å². The maximum atomic E-state index is 12.6. The third-order valence-electron chi connectivity index (χ3n) is 4.68. The molecule has 3 rings (SSSR count). The van der Waals surface area contributed by atoms with E-state index < -0.39 is 10.8 Å². The minimum atomic E-state index is -0.943. The zero-order valence-electron chi connectivity index (χ0n) is 16.0. The molecule has 0 radical (unpaired) electrons. The Balaban J connectivity index is 1.59. The summed E-state index contributed by atoms with van der Waals surface area (Å²) in [7, 11) is 0.668. The van der Waals surface area contributed by atoms with Gasteiger partial charge in [0.05, 0.1) is 13.0 Å². The summed E-state index contributed by atoms with van der Waals surface area (Å²) in [4.78, 5) is 26.7. The summed E-state index contributed by atoms with van der Waals surface area (Å²) >= 11 is 0. The van der Waals surface area contributed by atoms with Crippen molar-refractivity contribution in [2.24, 2.45) is 5.92 Å². The van der Waals surface area contributed by atoms with Gasteiger partial charge in [-0.15, -0.1) is 0 Å². The van der Waals surface area contributed by atoms with E-state index >= 15 is 0 Å². The van der Waals surface area contributed by atoms with Gasteiger partial charge in [-0.1, -0.05) is 24.3 Å². The number of hydrogen-bond donors (Lipinski definition) is 1. The highest BCUT2D eigenvalue weighted by Gasteiger charge is 2.34. The van der Waals surface area contributed by atoms with E-state index in [0.717, 1.165) is 16.9 Å². The van der Waals surface area contributed by atoms with Gasteiger partial charge in [-0.05, 0) is 35.4 Å². The zero-order chi connectivity index (χ0) is 20.1. The lowest BCUT2D eigenvalue weighted by molar-refractivity contribution is -0.128. The lowest BCUT2D eigenvalue weighted by Crippen LogP contribution is -2.28. The van der Waals surface area contributed by atoms with Crippen LogP contribution in [-0.2, 0) is 32.7 Å². The molecule has 0 aliphatic carbocycles. The van der Waals surface area contributed by atoms with Crippen LogP contribution in [-0.4, -0.2) is 40.8 Å². The number of anilines is 1. The highest BCUT2D eigenvalue weighted by Crippen LogP contribution is 2.23. The number of amides is 2. The van der Waals surface area contributed by atoms with Crippen LogP contribution in [0.3, 0.4) is 0 Å². The van der Waals surface area contributed by atoms with Crippen molar-refractivity contribution in [2.45, 2.75) is 18.7 Å². The Morgan fingerprint density at radius 1 is 1.21 bits per heavy atom. The molecule has 2 atom stereocenters. The topological polar surface area (TPSA) is 75.7 Å². The highest BCUT2D eigenvalue weighted by molar-refractivity contribution is 7.83. The molecule has 2 aromatic rings. The molecule has 1 aliphatic heterocycles. The van der Waals surface area contributed by atoms with Crippen molar-refractivity contribution in [3.05, 3.63) is 59.7 Å². The Hall–Kier alpha value is -2.67. The zero-order valence-corrected chi connectivity index (χ0v) is 16.8. The van der Waals surface area contributed by atoms with Crippen molar-refractivity contribution in [1.82, 2.24) is 4.90 Å². The molecule has 1 heterocycles. The van der Waals surface area contributed by atoms with Gasteiger partial charge in [-0.3, -0.25) is 13.8 Å². The van der Waals surface area contributed by atoms with Crippen molar-refractivity contribution >= 4 is 28.3 Å². The molecule has 148 valence electrons. The Morgan fingerprint density at radius 2 is 1.96 bits per heavy atom. The Labute approximate surface area is 167 Å². The molecule has 0 aromatic heterocycles. The molecular formula is C21H24N2O4S. The lowest BCUT2D eigenvalue weighted by Gasteiger charge is -2.17. The summed E-state index contributed by atoms with van der Waals surface area (Å²) in [6.45, 7) is 0.875. The van der Waals surface area contributed by atoms with Crippen LogP contribution in [0.25, 0.3) is 0 Å². The van der Waals surface area contributed by atoms with Crippen LogP contribution in [0.4, 0.5) is 5.69 Å². The van der Waals surface area contributed by atoms with Crippen LogP contribution in [0.2, 0.25) is 0 Å². The van der Waals surface area contributed by atoms with Crippen molar-refractivity contribution in [3.8, 4) is 5.75 Å². The molecule has 0 saturated carbocycles. The van der Waals surface area contributed by atoms with Crippen LogP contribution in [0.15, 0.2) is 48.5 Å². The number of nitrogens with zero attached hydrogens (tertiary/aromatic N) is 1. The average Bonchev–Trinajstić information content (AvgIpc) is 3.03. The van der Waals surface area contributed by atoms with E-state index in [-0.39, 0.29) is 24.2 Å². The van der Waals surface area contributed by atoms with Crippen LogP contribution in [0.5, 0.6) is 5.75 Å². The van der Waals surface area contributed by atoms with E-state index in [0.29, 0.717) is 24.5 Å². The van der Waals surface area contributed by atoms with Gasteiger partial charge in [0, 0.05) is 48.0 Å². The summed E-state index contributed by atoms with van der Waals surface area (Å²) in [6, 6.07) is 14.9. The number of rotatable bonds is 7. The summed E-state index contributed by atoms with van der Waals surface area (Å²) in [5.41, 5.74) is 2.56. The summed E-state index contributed by atoms with van der Waals surface area (Å²) in [5, 5.41) is 2.88. The molecule has 1 saturated heterocycles. The van der Waals surface area contributed by atoms with E-state index in [1.165, 1.54) is 0 Å². The number of ether oxygens (including phenoxy) is 1. The number of carbonyl (C=O) groups excluding carboxylic acids is 2. The fourth-order valence-corrected chi connectivity index (χ4v) is 3.92. The van der Waals surface area contributed by atoms with Gasteiger partial charge in [-0.2, -0.15) is 0 Å². The largest absolute Gasteiger partial charge is 0.497 e. The number of nitrogens with one attached hydrogen (secondary N) is 1. The molecule has 1 aliphatic rings. The fourth-order valence-electron chi connectivity index (χ4n) is 3.27. The van der Waals surface area contributed by atoms with Gasteiger partial charge in [0.15, 0.2) is 0 Å². The minimum Gasteiger partial charge on any atom is -0.497 e. The van der Waals surface area contributed by atoms with Crippen LogP contribution < -0.4 is 10.1 Å². The first-order valence-electron chi connectivity index (χ1n) is 9.05. The Morgan fingerprint density at radius 3 is 2.64 bits per heavy atom. The van der Waals surface area contributed by atoms with E-state index in [1.54, 1.807) is 24.3 Å². The fraction of sp³-hybridized carbons (Fsp3) is 0.333. The second kappa shape index (κ2) is 9.01. The quantitative estimate of drug-likeness (QED) is 0.775. The summed E-state index contributed by atoms with van der Waals surface area (Å²) in [5.74, 6) is 0.644. The highest BCUT2D eigenvalue weighted by atomic mass is 32.2. The molecule has 2 amide bonds. The molecule has 6 nitrogen and oxygen atoms in total. The monoisotopic (exact) mass is 400 g/mol. The number of benzene rings is 2. The van der Waals surface area contributed by atoms with Gasteiger partial charge < -0.3 is 15.0 Å². The number of carbonyl (C=O) groups is 2. The van der Waals surface area contributed by atoms with E-state index in [9.17, 15) is 13.8 Å². The van der Waals surface area contributed by atoms with Crippen molar-refractivity contribution in [3.63, 3.8) is 0 Å². The first-order valence-corrected chi connectivity index (χ1v) is 10.8. The molecule has 2 unspecified atom stereocenters. The number of methoxy groups -OCH3 is 1. The summed E-state index contributed by atoms with van der Waals surface area (Å²) < 4.78 is 16.5. The third kappa shape index (κ3) is 5.19. The average molecular weight is 401 g/mol. The van der Waals surface area contributed by atoms with Crippen molar-refractivity contribution in [1.29, 1.82) is 0 Å². The molecule has 2 aromatic carbocycles. The van der Waals surface area contributed by atoms with Crippen LogP contribution in [0.1, 0.15) is 17.5 Å².